The van der Waals surface area contributed by atoms with Crippen LogP contribution in [0.1, 0.15) is 5.71 Å². The molecule has 0 aliphatic heterocycles. The van der Waals surface area contributed by atoms with E-state index in [2.05, 4.69) is 0 Å². The molecule has 0 aromatic heterocycles. The summed E-state index contributed by atoms with van der Waals surface area (Å²) in [5, 5.41) is 13.9. The summed E-state index contributed by atoms with van der Waals surface area (Å²) in [5.74, 6) is 0. The van der Waals surface area contributed by atoms with Crippen LogP contribution < -0.4 is 0 Å². The van der Waals surface area contributed by atoms with Crippen LogP contribution in [0.15, 0.2) is 0 Å². The van der Waals surface area contributed by atoms with E-state index in [4.69, 9.17) is 15.0 Å². The predicted octanol–water partition coefficient (Wildman–Crippen LogP) is -2.46. The zero-order valence-corrected chi connectivity index (χ0v) is 13.4. The van der Waals surface area contributed by atoms with Crippen molar-refractivity contribution in [1.82, 2.24) is 0 Å². The van der Waals surface area contributed by atoms with Gasteiger partial charge in [0.25, 0.3) is 0 Å². The zero-order chi connectivity index (χ0) is 3.58. The monoisotopic (exact) mass is 302 g/mol. The largest absolute Gasteiger partial charge is 2.00 e. The van der Waals surface area contributed by atoms with Gasteiger partial charge in [-0.25, -0.2) is 4.79 Å². The summed E-state index contributed by atoms with van der Waals surface area (Å²) in [4.78, 5) is 8.56. The van der Waals surface area contributed by atoms with Crippen LogP contribution in [-0.2, 0) is 39.0 Å². The van der Waals surface area contributed by atoms with Crippen molar-refractivity contribution in [3.63, 3.8) is 0 Å². The summed E-state index contributed by atoms with van der Waals surface area (Å²) < 4.78 is 0. The number of carbonyl (C=O) groups is 1. The van der Waals surface area contributed by atoms with Gasteiger partial charge in [-0.3, -0.25) is 0 Å². The number of hydrogen-bond acceptors (Lipinski definition) is 1. The topological polar surface area (TPSA) is 57.5 Å². The van der Waals surface area contributed by atoms with Crippen molar-refractivity contribution in [3.05, 3.63) is 0 Å². The molecule has 3 nitrogen and oxygen atoms in total. The van der Waals surface area contributed by atoms with Crippen molar-refractivity contribution in [2.45, 2.75) is 0 Å². The Morgan fingerprint density at radius 3 is 1.00 bits per heavy atom. The molecule has 0 atom stereocenters. The molecule has 48 valence electrons. The van der Waals surface area contributed by atoms with Crippen LogP contribution in [0.4, 0.5) is 4.79 Å². The maximum absolute atomic E-state index is 8.56. The molecule has 0 saturated carbocycles. The molecule has 0 aromatic rings. The zero-order valence-electron chi connectivity index (χ0n) is 8.63. The van der Waals surface area contributed by atoms with Crippen molar-refractivity contribution in [2.24, 2.45) is 0 Å². The van der Waals surface area contributed by atoms with Gasteiger partial charge in [0, 0.05) is 39.0 Å². The molecule has 0 fully saturated rings. The molecule has 0 aliphatic rings. The molecule has 0 radical (unpaired) electrons. The van der Waals surface area contributed by atoms with E-state index in [1.807, 2.05) is 0 Å². The molecule has 0 unspecified atom stereocenters. The van der Waals surface area contributed by atoms with Gasteiger partial charge in [-0.1, -0.05) is 0 Å². The van der Waals surface area contributed by atoms with E-state index in [1.54, 1.807) is 0 Å². The van der Waals surface area contributed by atoms with Gasteiger partial charge in [0.05, 0.1) is 0 Å². The summed E-state index contributed by atoms with van der Waals surface area (Å²) >= 11 is 0. The minimum atomic E-state index is -1.83. The first-order chi connectivity index (χ1) is 1.73. The van der Waals surface area contributed by atoms with Crippen LogP contribution in [0.2, 0.25) is 0 Å². The van der Waals surface area contributed by atoms with Crippen LogP contribution in [0, 0.1) is 0 Å². The van der Waals surface area contributed by atoms with E-state index in [-0.39, 0.29) is 125 Å². The smallest absolute Gasteiger partial charge is 1.00 e. The second-order valence-electron chi connectivity index (χ2n) is 0.283. The van der Waals surface area contributed by atoms with Gasteiger partial charge in [-0.05, 0) is 0 Å². The van der Waals surface area contributed by atoms with Crippen molar-refractivity contribution in [2.75, 3.05) is 0 Å². The molecule has 0 saturated heterocycles. The molecule has 0 bridgehead atoms. The fourth-order valence-electron chi connectivity index (χ4n) is 0. The normalized spacial score (nSPS) is 2.40. The van der Waals surface area contributed by atoms with Gasteiger partial charge in [0.1, 0.15) is 0 Å². The number of hydrogen-bond donors (Lipinski definition) is 2. The molecule has 10 heavy (non-hydrogen) atoms. The third-order valence-corrected chi connectivity index (χ3v) is 0. The van der Waals surface area contributed by atoms with Crippen molar-refractivity contribution < 1.29 is 59.7 Å². The Bertz CT molecular complexity index is 57.6. The molecular weight excluding hydrogens is 293 g/mol. The van der Waals surface area contributed by atoms with Gasteiger partial charge in [0.15, 0.2) is 34.7 Å². The van der Waals surface area contributed by atoms with E-state index in [0.29, 0.717) is 0 Å². The Morgan fingerprint density at radius 2 is 1.00 bits per heavy atom. The van der Waals surface area contributed by atoms with E-state index >= 15 is 0 Å². The summed E-state index contributed by atoms with van der Waals surface area (Å²) in [5.41, 5.74) is 0. The molecular formula is CH12Al2Mg2O3Zn2. The second kappa shape index (κ2) is 40.0. The number of rotatable bonds is 0. The Labute approximate surface area is 144 Å². The maximum atomic E-state index is 8.56. The molecule has 0 spiro atoms. The van der Waals surface area contributed by atoms with Crippen LogP contribution in [0.25, 0.3) is 0 Å². The van der Waals surface area contributed by atoms with Gasteiger partial charge in [-0.2, -0.15) is 0 Å². The second-order valence-corrected chi connectivity index (χ2v) is 0.283. The van der Waals surface area contributed by atoms with Crippen LogP contribution in [0.5, 0.6) is 0 Å². The molecule has 0 aromatic carbocycles. The van der Waals surface area contributed by atoms with E-state index < -0.39 is 6.16 Å². The van der Waals surface area contributed by atoms with E-state index in [0.717, 1.165) is 0 Å². The predicted molar refractivity (Wildman–Crippen MR) is 46.5 cm³/mol. The van der Waals surface area contributed by atoms with Gasteiger partial charge >= 0.3 is 52.3 Å². The van der Waals surface area contributed by atoms with Crippen LogP contribution in [0.3, 0.4) is 0 Å². The Morgan fingerprint density at radius 1 is 1.00 bits per heavy atom. The first-order valence-electron chi connectivity index (χ1n) is 0.651. The molecule has 0 rings (SSSR count). The van der Waals surface area contributed by atoms with Crippen LogP contribution in [-0.4, -0.2) is 97.2 Å². The standard InChI is InChI=1S/CH2O3.2Al.2Mg.2Zn.10H/c2-1(3)4;;;;;;;;;;;;;;;;/h(H2,2,3,4);;;;;;;;;;;;;;;;/q;;;2*+2;;;;;;;;;4*-1. The summed E-state index contributed by atoms with van der Waals surface area (Å²) in [6, 6.07) is 0. The maximum Gasteiger partial charge on any atom is 2.00 e. The summed E-state index contributed by atoms with van der Waals surface area (Å²) in [6.45, 7) is 0. The third-order valence-electron chi connectivity index (χ3n) is 0. The SMILES string of the molecule is O=C(O)O.[AlH3].[AlH3].[H-].[H-].[H-].[H-].[Mg+2].[Mg+2].[Zn].[Zn]. The Balaban J connectivity index is -0.000000001000. The third kappa shape index (κ3) is 117. The molecule has 0 amide bonds. The quantitative estimate of drug-likeness (QED) is 0.488. The van der Waals surface area contributed by atoms with Crippen LogP contribution >= 0.6 is 0 Å². The first kappa shape index (κ1) is 51.5. The van der Waals surface area contributed by atoms with Gasteiger partial charge < -0.3 is 15.9 Å². The van der Waals surface area contributed by atoms with E-state index in [9.17, 15) is 0 Å². The summed E-state index contributed by atoms with van der Waals surface area (Å²) in [6.07, 6.45) is -1.83. The summed E-state index contributed by atoms with van der Waals surface area (Å²) in [7, 11) is 0. The minimum Gasteiger partial charge on any atom is -1.00 e. The molecule has 9 heteroatoms. The average Bonchev–Trinajstić information content (AvgIpc) is 0.811. The Kier molecular flexibility index (Phi) is 206. The van der Waals surface area contributed by atoms with E-state index in [1.165, 1.54) is 0 Å². The minimum absolute atomic E-state index is 0. The van der Waals surface area contributed by atoms with Crippen molar-refractivity contribution in [3.8, 4) is 0 Å². The van der Waals surface area contributed by atoms with Crippen molar-refractivity contribution >= 4 is 87.0 Å². The molecule has 2 N–H and O–H groups in total. The fourth-order valence-corrected chi connectivity index (χ4v) is 0. The fraction of sp³-hybridized carbons (Fsp3) is 0. The van der Waals surface area contributed by atoms with Gasteiger partial charge in [0.2, 0.25) is 0 Å². The number of carboxylic acid groups (broad SMARTS) is 2. The Hall–Kier alpha value is 3.11. The van der Waals surface area contributed by atoms with Gasteiger partial charge in [-0.15, -0.1) is 0 Å². The molecule has 0 heterocycles. The first-order valence-corrected chi connectivity index (χ1v) is 0.651. The van der Waals surface area contributed by atoms with Crippen molar-refractivity contribution in [1.29, 1.82) is 0 Å². The average molecular weight is 305 g/mol. The molecule has 0 aliphatic carbocycles.